The number of nitrogens with one attached hydrogen (secondary N) is 1. The molecule has 0 spiro atoms. The summed E-state index contributed by atoms with van der Waals surface area (Å²) in [5, 5.41) is 16.0. The molecule has 0 radical (unpaired) electrons. The largest absolute Gasteiger partial charge is 0.477 e. The number of anilines is 1. The number of allylic oxidation sites excluding steroid dienone is 4. The molecule has 0 bridgehead atoms. The van der Waals surface area contributed by atoms with Crippen LogP contribution < -0.4 is 14.8 Å². The second kappa shape index (κ2) is 14.1. The molecule has 3 aromatic rings. The van der Waals surface area contributed by atoms with Gasteiger partial charge in [-0.25, -0.2) is 9.48 Å². The summed E-state index contributed by atoms with van der Waals surface area (Å²) in [6, 6.07) is 3.94. The molecule has 0 saturated carbocycles. The lowest BCUT2D eigenvalue weighted by molar-refractivity contribution is -0.115. The van der Waals surface area contributed by atoms with Crippen molar-refractivity contribution in [3.8, 4) is 11.4 Å². The van der Waals surface area contributed by atoms with Crippen LogP contribution in [0, 0.1) is 0 Å². The molecule has 21 nitrogen and oxygen atoms in total. The predicted octanol–water partition coefficient (Wildman–Crippen LogP) is 0.607. The van der Waals surface area contributed by atoms with E-state index in [4.69, 9.17) is 4.55 Å². The number of carbonyl (C=O) groups excluding carboxylic acids is 2. The Kier molecular flexibility index (Phi) is 10.6. The van der Waals surface area contributed by atoms with E-state index in [1.54, 1.807) is 0 Å². The van der Waals surface area contributed by atoms with Gasteiger partial charge < -0.3 is 9.29 Å². The molecule has 0 fully saturated rings. The van der Waals surface area contributed by atoms with E-state index in [0.717, 1.165) is 49.4 Å². The minimum Gasteiger partial charge on any atom is -0.477 e. The number of nitrogens with zero attached hydrogens (tertiary/aromatic N) is 3. The lowest BCUT2D eigenvalue weighted by Crippen LogP contribution is -2.23. The van der Waals surface area contributed by atoms with Crippen LogP contribution in [0.15, 0.2) is 90.9 Å². The van der Waals surface area contributed by atoms with Crippen molar-refractivity contribution in [2.45, 2.75) is 21.6 Å². The van der Waals surface area contributed by atoms with Gasteiger partial charge in [0.15, 0.2) is 17.2 Å². The van der Waals surface area contributed by atoms with Gasteiger partial charge in [0.05, 0.1) is 26.6 Å². The fourth-order valence-corrected chi connectivity index (χ4v) is 6.26. The Hall–Kier alpha value is -5.41. The van der Waals surface area contributed by atoms with E-state index in [1.807, 2.05) is 0 Å². The highest BCUT2D eigenvalue weighted by molar-refractivity contribution is 7.86. The number of hydrogen-bond acceptors (Lipinski definition) is 13. The Morgan fingerprint density at radius 1 is 0.882 bits per heavy atom. The molecule has 1 aromatic heterocycles. The van der Waals surface area contributed by atoms with Crippen molar-refractivity contribution in [2.75, 3.05) is 5.01 Å². The van der Waals surface area contributed by atoms with Crippen LogP contribution in [-0.4, -0.2) is 85.9 Å². The zero-order chi connectivity index (χ0) is 38.2. The van der Waals surface area contributed by atoms with Crippen LogP contribution in [0.2, 0.25) is 0 Å². The number of benzene rings is 2. The van der Waals surface area contributed by atoms with Gasteiger partial charge in [0.25, 0.3) is 41.8 Å². The molecule has 0 saturated heterocycles. The Bertz CT molecular complexity index is 2560. The average Bonchev–Trinajstić information content (AvgIpc) is 3.51. The number of Topliss-reactive ketones (excluding diaryl/α,β-unsaturated/α-hetero) is 1. The molecule has 6 N–H and O–H groups in total. The monoisotopic (exact) mass is 788 g/mol. The summed E-state index contributed by atoms with van der Waals surface area (Å²) in [6.45, 7) is 1.02. The van der Waals surface area contributed by atoms with E-state index in [1.165, 1.54) is 0 Å². The number of hydrazone groups is 1. The maximum Gasteiger partial charge on any atom is 0.357 e. The Labute approximate surface area is 288 Å². The van der Waals surface area contributed by atoms with Crippen LogP contribution in [0.3, 0.4) is 0 Å². The van der Waals surface area contributed by atoms with E-state index < -0.39 is 119 Å². The highest BCUT2D eigenvalue weighted by atomic mass is 32.2. The van der Waals surface area contributed by atoms with E-state index in [2.05, 4.69) is 14.4 Å². The SMILES string of the molecule is CC(=O)C1=NN(c2cc(S(=O)(=O)O)ccc2OS(=O)O)C(=O)\C1=C/C=C/C=C/c1c(C(=O)O)[nH]n(-c2cc(S(=O)(=O)O)ccc2S(=O)(=O)O)c1=O. The third-order valence-electron chi connectivity index (χ3n) is 6.46. The van der Waals surface area contributed by atoms with Crippen molar-refractivity contribution < 1.29 is 71.3 Å². The van der Waals surface area contributed by atoms with Crippen LogP contribution in [0.5, 0.6) is 5.75 Å². The third kappa shape index (κ3) is 8.32. The second-order valence-electron chi connectivity index (χ2n) is 9.78. The standard InChI is InChI=1S/C26H20N4O17S4/c1-13(31)22-16(24(32)29(27-22)18-11-14(49(38,39)40)7-9-20(18)47-48(36)37)5-3-2-4-6-17-23(26(34)35)28-30(25(17)33)19-12-15(50(41,42)43)8-10-21(19)51(44,45)46/h2-12,28H,1H3,(H,34,35)(H,36,37)(H,38,39,40)(H,41,42,43)(H,44,45,46)/b3-2+,6-4+,16-5-. The quantitative estimate of drug-likeness (QED) is 0.0633. The third-order valence-corrected chi connectivity index (χ3v) is 9.39. The fraction of sp³-hybridized carbons (Fsp3) is 0.0385. The molecule has 25 heteroatoms. The topological polar surface area (TPSA) is 334 Å². The van der Waals surface area contributed by atoms with Gasteiger partial charge in [0.1, 0.15) is 16.3 Å². The molecule has 270 valence electrons. The molecule has 1 amide bonds. The van der Waals surface area contributed by atoms with Crippen molar-refractivity contribution in [3.63, 3.8) is 0 Å². The number of rotatable bonds is 12. The molecular weight excluding hydrogens is 769 g/mol. The van der Waals surface area contributed by atoms with Crippen LogP contribution in [-0.2, 0) is 51.3 Å². The lowest BCUT2D eigenvalue weighted by Gasteiger charge is -2.16. The molecule has 1 aliphatic rings. The van der Waals surface area contributed by atoms with Crippen molar-refractivity contribution in [1.82, 2.24) is 9.78 Å². The second-order valence-corrected chi connectivity index (χ2v) is 14.6. The number of aromatic amines is 1. The van der Waals surface area contributed by atoms with Crippen molar-refractivity contribution in [1.29, 1.82) is 0 Å². The molecule has 0 aliphatic carbocycles. The van der Waals surface area contributed by atoms with Gasteiger partial charge >= 0.3 is 17.3 Å². The van der Waals surface area contributed by atoms with Gasteiger partial charge in [-0.15, -0.1) is 0 Å². The lowest BCUT2D eigenvalue weighted by atomic mass is 10.1. The van der Waals surface area contributed by atoms with E-state index in [9.17, 15) is 67.4 Å². The molecule has 1 atom stereocenters. The Morgan fingerprint density at radius 3 is 2.00 bits per heavy atom. The molecule has 4 rings (SSSR count). The van der Waals surface area contributed by atoms with E-state index in [-0.39, 0.29) is 4.68 Å². The highest BCUT2D eigenvalue weighted by Gasteiger charge is 2.35. The van der Waals surface area contributed by atoms with Gasteiger partial charge in [-0.2, -0.15) is 39.6 Å². The first-order valence-electron chi connectivity index (χ1n) is 13.1. The minimum absolute atomic E-state index is 0.287. The molecule has 2 heterocycles. The first kappa shape index (κ1) is 38.4. The molecule has 1 unspecified atom stereocenters. The number of amides is 1. The van der Waals surface area contributed by atoms with Gasteiger partial charge in [-0.05, 0) is 48.6 Å². The van der Waals surface area contributed by atoms with E-state index >= 15 is 0 Å². The first-order valence-corrected chi connectivity index (χ1v) is 18.5. The number of H-pyrrole nitrogens is 1. The zero-order valence-corrected chi connectivity index (χ0v) is 28.2. The maximum atomic E-state index is 13.3. The smallest absolute Gasteiger partial charge is 0.357 e. The highest BCUT2D eigenvalue weighted by Crippen LogP contribution is 2.35. The van der Waals surface area contributed by atoms with Gasteiger partial charge in [0, 0.05) is 6.92 Å². The van der Waals surface area contributed by atoms with Crippen molar-refractivity contribution >= 4 is 76.9 Å². The minimum atomic E-state index is -5.14. The van der Waals surface area contributed by atoms with Gasteiger partial charge in [0.2, 0.25) is 0 Å². The van der Waals surface area contributed by atoms with Crippen LogP contribution in [0.4, 0.5) is 5.69 Å². The molecular formula is C26H20N4O17S4. The number of carboxylic acid groups (broad SMARTS) is 1. The Balaban J connectivity index is 1.75. The molecule has 2 aromatic carbocycles. The van der Waals surface area contributed by atoms with E-state index in [0.29, 0.717) is 29.3 Å². The van der Waals surface area contributed by atoms with Crippen LogP contribution in [0.1, 0.15) is 23.0 Å². The summed E-state index contributed by atoms with van der Waals surface area (Å²) in [4.78, 5) is 48.0. The van der Waals surface area contributed by atoms with Crippen LogP contribution >= 0.6 is 0 Å². The number of ketones is 1. The van der Waals surface area contributed by atoms with Crippen molar-refractivity contribution in [3.05, 3.63) is 87.9 Å². The molecule has 51 heavy (non-hydrogen) atoms. The summed E-state index contributed by atoms with van der Waals surface area (Å²) in [5.41, 5.74) is -5.08. The maximum absolute atomic E-state index is 13.3. The summed E-state index contributed by atoms with van der Waals surface area (Å²) in [5.74, 6) is -4.16. The number of carboxylic acids is 1. The molecule has 1 aliphatic heterocycles. The average molecular weight is 789 g/mol. The summed E-state index contributed by atoms with van der Waals surface area (Å²) in [7, 11) is -15.0. The summed E-state index contributed by atoms with van der Waals surface area (Å²) in [6.07, 6.45) is 5.20. The predicted molar refractivity (Wildman–Crippen MR) is 172 cm³/mol. The summed E-state index contributed by atoms with van der Waals surface area (Å²) < 4.78 is 124. The van der Waals surface area contributed by atoms with Crippen LogP contribution in [0.25, 0.3) is 11.8 Å². The summed E-state index contributed by atoms with van der Waals surface area (Å²) >= 11 is -2.97. The first-order chi connectivity index (χ1) is 23.5. The van der Waals surface area contributed by atoms with Gasteiger partial charge in [-0.3, -0.25) is 37.7 Å². The number of aromatic nitrogens is 2. The Morgan fingerprint density at radius 2 is 1.47 bits per heavy atom. The normalized spacial score (nSPS) is 15.5. The number of carbonyl (C=O) groups is 3. The number of aromatic carboxylic acids is 1. The zero-order valence-electron chi connectivity index (χ0n) is 25.0. The van der Waals surface area contributed by atoms with Gasteiger partial charge in [-0.1, -0.05) is 18.2 Å². The van der Waals surface area contributed by atoms with Crippen molar-refractivity contribution in [2.24, 2.45) is 5.10 Å². The fourth-order valence-electron chi connectivity index (χ4n) is 4.31. The number of hydrogen-bond donors (Lipinski definition) is 6.